The first-order valence-corrected chi connectivity index (χ1v) is 33.3. The number of allylic oxidation sites excluding steroid dienone is 2. The molecule has 0 aliphatic heterocycles. The third-order valence-corrected chi connectivity index (χ3v) is 17.3. The zero-order chi connectivity index (χ0) is 61.0. The van der Waals surface area contributed by atoms with E-state index in [0.717, 1.165) is 79.6 Å². The smallest absolute Gasteiger partial charge is 0.139 e. The Hall–Kier alpha value is -4.42. The third kappa shape index (κ3) is 40.3. The van der Waals surface area contributed by atoms with E-state index in [-0.39, 0.29) is 56.4 Å². The Morgan fingerprint density at radius 2 is 1.06 bits per heavy atom. The third-order valence-electron chi connectivity index (χ3n) is 17.3. The molecule has 0 spiro atoms. The Kier molecular flexibility index (Phi) is 55.9. The number of aromatic amines is 1. The number of hydrogen-bond acceptors (Lipinski definition) is 1. The van der Waals surface area contributed by atoms with Crippen LogP contribution in [0, 0.1) is 76.9 Å². The molecule has 3 heteroatoms. The maximum atomic E-state index is 13.6. The average molecular weight is 1220 g/mol. The van der Waals surface area contributed by atoms with Gasteiger partial charge in [-0.1, -0.05) is 329 Å². The van der Waals surface area contributed by atoms with Gasteiger partial charge in [-0.3, -0.25) is 4.79 Å². The Morgan fingerprint density at radius 3 is 1.48 bits per heavy atom. The van der Waals surface area contributed by atoms with Crippen molar-refractivity contribution in [3.63, 3.8) is 0 Å². The average Bonchev–Trinajstić information content (AvgIpc) is 2.32. The normalized spacial score (nSPS) is 17.9. The summed E-state index contributed by atoms with van der Waals surface area (Å²) in [4.78, 5) is 14.8. The number of nitrogens with one attached hydrogen (secondary N) is 1. The predicted octanol–water partition coefficient (Wildman–Crippen LogP) is 27.8. The number of ketones is 1. The highest BCUT2D eigenvalue weighted by Crippen LogP contribution is 2.51. The number of carbonyl (C=O) groups excluding carboxylic acids is 1. The maximum Gasteiger partial charge on any atom is 0.139 e. The molecule has 0 bridgehead atoms. The molecule has 506 valence electrons. The monoisotopic (exact) mass is 1220 g/mol. The van der Waals surface area contributed by atoms with E-state index >= 15 is 0 Å². The second-order valence-electron chi connectivity index (χ2n) is 27.4. The van der Waals surface area contributed by atoms with E-state index in [0.29, 0.717) is 41.3 Å². The highest BCUT2D eigenvalue weighted by molar-refractivity contribution is 5.84. The van der Waals surface area contributed by atoms with Gasteiger partial charge in [0.25, 0.3) is 0 Å². The molecule has 4 aromatic rings. The van der Waals surface area contributed by atoms with Crippen LogP contribution < -0.4 is 0 Å². The first kappa shape index (κ1) is 92.3. The van der Waals surface area contributed by atoms with Gasteiger partial charge in [0.1, 0.15) is 12.0 Å². The number of halogens is 1. The van der Waals surface area contributed by atoms with Crippen molar-refractivity contribution in [3.05, 3.63) is 156 Å². The van der Waals surface area contributed by atoms with Crippen LogP contribution in [0.15, 0.2) is 134 Å². The van der Waals surface area contributed by atoms with Crippen molar-refractivity contribution in [2.75, 3.05) is 0 Å². The zero-order valence-corrected chi connectivity index (χ0v) is 55.7. The second-order valence-corrected chi connectivity index (χ2v) is 27.4. The fourth-order valence-corrected chi connectivity index (χ4v) is 11.5. The molecule has 8 rings (SSSR count). The number of benzene rings is 3. The van der Waals surface area contributed by atoms with Gasteiger partial charge in [0.15, 0.2) is 0 Å². The van der Waals surface area contributed by atoms with Crippen molar-refractivity contribution < 1.29 is 9.18 Å². The van der Waals surface area contributed by atoms with Crippen LogP contribution >= 0.6 is 0 Å². The summed E-state index contributed by atoms with van der Waals surface area (Å²) in [5, 5.41) is 0. The Bertz CT molecular complexity index is 2260. The van der Waals surface area contributed by atoms with Crippen LogP contribution in [0.1, 0.15) is 311 Å². The molecule has 0 saturated heterocycles. The second kappa shape index (κ2) is 53.3. The molecule has 1 N–H and O–H groups in total. The summed E-state index contributed by atoms with van der Waals surface area (Å²) in [6.07, 6.45) is 24.9. The van der Waals surface area contributed by atoms with E-state index in [1.54, 1.807) is 0 Å². The fraction of sp³-hybridized carbons (Fsp3) is 0.659. The van der Waals surface area contributed by atoms with Crippen molar-refractivity contribution in [2.24, 2.45) is 65.1 Å². The number of H-pyrrole nitrogens is 1. The lowest BCUT2D eigenvalue weighted by atomic mass is 9.80. The van der Waals surface area contributed by atoms with E-state index in [9.17, 15) is 9.18 Å². The van der Waals surface area contributed by atoms with Gasteiger partial charge in [-0.25, -0.2) is 4.39 Å². The minimum absolute atomic E-state index is 0. The standard InChI is InChI=1S/C13H22.C12H21F.C12H20O.C12H16.C11H19N.C10H14.C9H12.6CH4/c1-12(2)10-11-13-8-6-4-3-5-7-9-13;1-9(2)12(13)10(3)11-7-5-4-6-8-11;1-9(2)8-10(3)11-6-4-5-7-12(11)13;1-9(2)11-8-12(11)10-6-4-3-5-7-10;1-8(2)9(3)10(4)11-6-5-7-12-11;1-9(2)8-10-6-4-3-5-7-10;1-8(2)9-6-4-3-5-7-9;;;;;;/h12-13H,3-9H2,1-2H3;9,11-12H,3-8H2,1-2H3;9,11H,3-8H2,1-2H3;3-7,9,11-12H,8H2,1-2H3;5-10,12H,1-4H3;3-7,9H,8H2,1-2H3;3-8H,1-2H3;6*1H4. The molecule has 4 fully saturated rings. The molecule has 4 aliphatic carbocycles. The molecular weight excluding hydrogens is 1070 g/mol. The van der Waals surface area contributed by atoms with Gasteiger partial charge >= 0.3 is 0 Å². The number of alkyl halides is 1. The number of rotatable bonds is 14. The minimum atomic E-state index is -0.789. The number of carbonyl (C=O) groups is 1. The summed E-state index contributed by atoms with van der Waals surface area (Å²) in [5.74, 6) is 16.0. The van der Waals surface area contributed by atoms with Crippen LogP contribution in [0.4, 0.5) is 4.39 Å². The minimum Gasteiger partial charge on any atom is -0.365 e. The molecule has 4 saturated carbocycles. The van der Waals surface area contributed by atoms with Crippen LogP contribution in [0.2, 0.25) is 0 Å². The summed E-state index contributed by atoms with van der Waals surface area (Å²) in [6, 6.07) is 36.3. The summed E-state index contributed by atoms with van der Waals surface area (Å²) in [7, 11) is 0. The van der Waals surface area contributed by atoms with Crippen LogP contribution in [0.25, 0.3) is 0 Å². The number of Topliss-reactive ketones (excluding diaryl/α,β-unsaturated/α-hetero) is 1. The first-order chi connectivity index (χ1) is 39.0. The molecule has 1 heterocycles. The van der Waals surface area contributed by atoms with Gasteiger partial charge < -0.3 is 4.98 Å². The Morgan fingerprint density at radius 1 is 0.568 bits per heavy atom. The van der Waals surface area contributed by atoms with Gasteiger partial charge in [-0.15, -0.1) is 5.92 Å². The van der Waals surface area contributed by atoms with E-state index in [4.69, 9.17) is 0 Å². The van der Waals surface area contributed by atoms with Crippen molar-refractivity contribution >= 4 is 5.78 Å². The lowest BCUT2D eigenvalue weighted by Crippen LogP contribution is -2.21. The van der Waals surface area contributed by atoms with Gasteiger partial charge in [-0.2, -0.15) is 0 Å². The van der Waals surface area contributed by atoms with Gasteiger partial charge in [-0.05, 0) is 157 Å². The largest absolute Gasteiger partial charge is 0.365 e. The highest BCUT2D eigenvalue weighted by atomic mass is 19.1. The molecule has 1 aromatic heterocycles. The lowest BCUT2D eigenvalue weighted by molar-refractivity contribution is -0.123. The predicted molar refractivity (Wildman–Crippen MR) is 401 cm³/mol. The topological polar surface area (TPSA) is 32.9 Å². The van der Waals surface area contributed by atoms with E-state index in [2.05, 4.69) is 224 Å². The van der Waals surface area contributed by atoms with Crippen LogP contribution in [-0.2, 0) is 11.2 Å². The fourth-order valence-electron chi connectivity index (χ4n) is 11.5. The summed E-state index contributed by atoms with van der Waals surface area (Å²) < 4.78 is 13.6. The van der Waals surface area contributed by atoms with Crippen molar-refractivity contribution in [1.29, 1.82) is 0 Å². The Labute approximate surface area is 551 Å². The van der Waals surface area contributed by atoms with E-state index in [1.807, 2.05) is 26.1 Å². The van der Waals surface area contributed by atoms with Crippen molar-refractivity contribution in [1.82, 2.24) is 4.98 Å². The van der Waals surface area contributed by atoms with Crippen molar-refractivity contribution in [3.8, 4) is 11.8 Å². The molecule has 3 aromatic carbocycles. The van der Waals surface area contributed by atoms with E-state index < -0.39 is 6.17 Å². The maximum absolute atomic E-state index is 13.6. The zero-order valence-electron chi connectivity index (χ0n) is 55.7. The van der Waals surface area contributed by atoms with Gasteiger partial charge in [0, 0.05) is 36.1 Å². The first-order valence-electron chi connectivity index (χ1n) is 33.3. The molecule has 6 atom stereocenters. The van der Waals surface area contributed by atoms with Crippen LogP contribution in [-0.4, -0.2) is 16.9 Å². The lowest BCUT2D eigenvalue weighted by Gasteiger charge is -2.27. The van der Waals surface area contributed by atoms with Gasteiger partial charge in [0.2, 0.25) is 0 Å². The van der Waals surface area contributed by atoms with Gasteiger partial charge in [0.05, 0.1) is 0 Å². The molecule has 2 nitrogen and oxygen atoms in total. The van der Waals surface area contributed by atoms with E-state index in [1.165, 1.54) is 111 Å². The molecule has 0 radical (unpaired) electrons. The SMILES string of the molecule is C.C.C.C.C.C.C=C(C1CCCCC1)C(F)C(C)C.C=C(CC(C)C)C1CCCCC1=O.CC(C)C#CC1CCCCCCC1.CC(C)C(C)C(C)c1ccc[nH]1.CC(C)C1CC1c1ccccc1.CC(C)Cc1ccccc1.CC(C)c1ccccc1. The number of hydrogen-bond donors (Lipinski definition) is 1. The molecule has 4 aliphatic rings. The number of aromatic nitrogens is 1. The Balaban J connectivity index is -0.000000302. The quantitative estimate of drug-likeness (QED) is 0.0991. The molecule has 6 unspecified atom stereocenters. The highest BCUT2D eigenvalue weighted by Gasteiger charge is 2.39. The molecule has 0 amide bonds. The summed E-state index contributed by atoms with van der Waals surface area (Å²) >= 11 is 0. The molecular formula is C85H148FNO. The van der Waals surface area contributed by atoms with Crippen LogP contribution in [0.5, 0.6) is 0 Å². The van der Waals surface area contributed by atoms with Crippen molar-refractivity contribution in [2.45, 2.75) is 301 Å². The van der Waals surface area contributed by atoms with Crippen LogP contribution in [0.3, 0.4) is 0 Å². The summed E-state index contributed by atoms with van der Waals surface area (Å²) in [6.45, 7) is 43.3. The molecule has 88 heavy (non-hydrogen) atoms. The summed E-state index contributed by atoms with van der Waals surface area (Å²) in [5.41, 5.74) is 7.77.